The molecule has 3 rings (SSSR count). The fourth-order valence-electron chi connectivity index (χ4n) is 3.40. The minimum atomic E-state index is -0.267. The maximum Gasteiger partial charge on any atom is 0.310 e. The van der Waals surface area contributed by atoms with Gasteiger partial charge in [0.25, 0.3) is 5.91 Å². The van der Waals surface area contributed by atoms with Gasteiger partial charge < -0.3 is 9.64 Å². The molecule has 3 heterocycles. The smallest absolute Gasteiger partial charge is 0.310 e. The summed E-state index contributed by atoms with van der Waals surface area (Å²) < 4.78 is 4.81. The molecular weight excluding hydrogens is 298 g/mol. The molecule has 0 N–H and O–H groups in total. The second-order valence-electron chi connectivity index (χ2n) is 5.84. The number of hydrogen-bond acceptors (Lipinski definition) is 5. The Hall–Kier alpha value is -2.60. The number of pyridine rings is 1. The molecule has 1 fully saturated rings. The van der Waals surface area contributed by atoms with Crippen LogP contribution >= 0.6 is 0 Å². The number of ether oxygens (including phenoxy) is 1. The van der Waals surface area contributed by atoms with Gasteiger partial charge in [0.1, 0.15) is 5.82 Å². The molecule has 0 aromatic carbocycles. The summed E-state index contributed by atoms with van der Waals surface area (Å²) in [4.78, 5) is 33.1. The number of aromatic nitrogens is 1. The SMILES string of the molecule is COC(=O)[C@H]1CC[C@H]2CCc3cc(N=[N+]=[N-])ncc3C(=O)N2C1. The normalized spacial score (nSPS) is 23.2. The van der Waals surface area contributed by atoms with E-state index in [1.807, 2.05) is 0 Å². The number of carbonyl (C=O) groups is 2. The molecule has 1 amide bonds. The number of nitrogens with zero attached hydrogens (tertiary/aromatic N) is 5. The van der Waals surface area contributed by atoms with Gasteiger partial charge in [0.15, 0.2) is 0 Å². The zero-order valence-electron chi connectivity index (χ0n) is 12.8. The topological polar surface area (TPSA) is 108 Å². The first-order valence-electron chi connectivity index (χ1n) is 7.57. The van der Waals surface area contributed by atoms with Crippen molar-refractivity contribution < 1.29 is 14.3 Å². The summed E-state index contributed by atoms with van der Waals surface area (Å²) in [5.41, 5.74) is 9.87. The van der Waals surface area contributed by atoms with Gasteiger partial charge in [-0.15, -0.1) is 0 Å². The van der Waals surface area contributed by atoms with Crippen LogP contribution in [0.25, 0.3) is 10.4 Å². The molecule has 1 aromatic heterocycles. The van der Waals surface area contributed by atoms with Crippen LogP contribution in [0.15, 0.2) is 17.4 Å². The zero-order valence-corrected chi connectivity index (χ0v) is 12.8. The number of rotatable bonds is 2. The summed E-state index contributed by atoms with van der Waals surface area (Å²) in [7, 11) is 1.37. The number of methoxy groups -OCH3 is 1. The largest absolute Gasteiger partial charge is 0.469 e. The number of carbonyl (C=O) groups excluding carboxylic acids is 2. The van der Waals surface area contributed by atoms with Gasteiger partial charge in [-0.05, 0) is 48.0 Å². The van der Waals surface area contributed by atoms with Crippen LogP contribution in [-0.4, -0.2) is 41.5 Å². The monoisotopic (exact) mass is 315 g/mol. The van der Waals surface area contributed by atoms with E-state index in [1.54, 1.807) is 11.0 Å². The number of hydrogen-bond donors (Lipinski definition) is 0. The first kappa shape index (κ1) is 15.3. The highest BCUT2D eigenvalue weighted by molar-refractivity contribution is 5.96. The van der Waals surface area contributed by atoms with Crippen molar-refractivity contribution in [2.75, 3.05) is 13.7 Å². The number of aryl methyl sites for hydroxylation is 1. The van der Waals surface area contributed by atoms with Crippen LogP contribution in [0.1, 0.15) is 35.2 Å². The predicted octanol–water partition coefficient (Wildman–Crippen LogP) is 2.36. The van der Waals surface area contributed by atoms with E-state index in [0.29, 0.717) is 12.1 Å². The van der Waals surface area contributed by atoms with E-state index in [-0.39, 0.29) is 29.7 Å². The lowest BCUT2D eigenvalue weighted by atomic mass is 9.91. The predicted molar refractivity (Wildman–Crippen MR) is 80.9 cm³/mol. The fourth-order valence-corrected chi connectivity index (χ4v) is 3.40. The molecule has 2 aliphatic rings. The van der Waals surface area contributed by atoms with Gasteiger partial charge in [-0.1, -0.05) is 0 Å². The highest BCUT2D eigenvalue weighted by Crippen LogP contribution is 2.32. The third kappa shape index (κ3) is 2.85. The van der Waals surface area contributed by atoms with Gasteiger partial charge in [0, 0.05) is 23.7 Å². The van der Waals surface area contributed by atoms with Crippen molar-refractivity contribution in [1.82, 2.24) is 9.88 Å². The Bertz CT molecular complexity index is 698. The molecule has 23 heavy (non-hydrogen) atoms. The highest BCUT2D eigenvalue weighted by atomic mass is 16.5. The van der Waals surface area contributed by atoms with Crippen LogP contribution in [-0.2, 0) is 16.0 Å². The van der Waals surface area contributed by atoms with E-state index < -0.39 is 0 Å². The van der Waals surface area contributed by atoms with Gasteiger partial charge in [-0.2, -0.15) is 0 Å². The summed E-state index contributed by atoms with van der Waals surface area (Å²) >= 11 is 0. The molecule has 120 valence electrons. The van der Waals surface area contributed by atoms with E-state index >= 15 is 0 Å². The van der Waals surface area contributed by atoms with Crippen LogP contribution in [0, 0.1) is 5.92 Å². The van der Waals surface area contributed by atoms with Crippen molar-refractivity contribution in [2.24, 2.45) is 11.0 Å². The summed E-state index contributed by atoms with van der Waals surface area (Å²) in [6.45, 7) is 0.383. The zero-order chi connectivity index (χ0) is 16.4. The Kier molecular flexibility index (Phi) is 4.16. The van der Waals surface area contributed by atoms with Gasteiger partial charge in [-0.25, -0.2) is 0 Å². The van der Waals surface area contributed by atoms with Crippen LogP contribution in [0.3, 0.4) is 0 Å². The third-order valence-electron chi connectivity index (χ3n) is 4.60. The molecule has 0 spiro atoms. The number of esters is 1. The van der Waals surface area contributed by atoms with Crippen LogP contribution in [0.2, 0.25) is 0 Å². The summed E-state index contributed by atoms with van der Waals surface area (Å²) in [6.07, 6.45) is 4.54. The number of amides is 1. The van der Waals surface area contributed by atoms with Gasteiger partial charge in [0.05, 0.1) is 18.6 Å². The van der Waals surface area contributed by atoms with Crippen molar-refractivity contribution in [3.8, 4) is 0 Å². The van der Waals surface area contributed by atoms with Gasteiger partial charge in [0.2, 0.25) is 0 Å². The van der Waals surface area contributed by atoms with Gasteiger partial charge >= 0.3 is 5.97 Å². The quantitative estimate of drug-likeness (QED) is 0.361. The lowest BCUT2D eigenvalue weighted by Gasteiger charge is -2.37. The maximum absolute atomic E-state index is 12.8. The Morgan fingerprint density at radius 2 is 2.30 bits per heavy atom. The van der Waals surface area contributed by atoms with Crippen LogP contribution in [0.5, 0.6) is 0 Å². The Morgan fingerprint density at radius 1 is 1.48 bits per heavy atom. The van der Waals surface area contributed by atoms with Crippen molar-refractivity contribution in [3.05, 3.63) is 33.8 Å². The van der Waals surface area contributed by atoms with E-state index in [2.05, 4.69) is 15.0 Å². The Labute approximate surface area is 133 Å². The van der Waals surface area contributed by atoms with Crippen molar-refractivity contribution in [2.45, 2.75) is 31.7 Å². The second kappa shape index (κ2) is 6.26. The molecule has 2 aliphatic heterocycles. The summed E-state index contributed by atoms with van der Waals surface area (Å²) in [5, 5.41) is 3.49. The Morgan fingerprint density at radius 3 is 3.04 bits per heavy atom. The van der Waals surface area contributed by atoms with Crippen molar-refractivity contribution >= 4 is 17.7 Å². The molecule has 1 aromatic rings. The van der Waals surface area contributed by atoms with E-state index in [4.69, 9.17) is 10.3 Å². The minimum Gasteiger partial charge on any atom is -0.469 e. The number of azide groups is 1. The molecule has 8 heteroatoms. The average Bonchev–Trinajstić information content (AvgIpc) is 2.71. The highest BCUT2D eigenvalue weighted by Gasteiger charge is 2.37. The maximum atomic E-state index is 12.8. The molecular formula is C15H17N5O3. The number of piperidine rings is 1. The van der Waals surface area contributed by atoms with E-state index in [1.165, 1.54) is 13.3 Å². The fraction of sp³-hybridized carbons (Fsp3) is 0.533. The lowest BCUT2D eigenvalue weighted by Crippen LogP contribution is -2.48. The Balaban J connectivity index is 1.90. The molecule has 0 bridgehead atoms. The average molecular weight is 315 g/mol. The third-order valence-corrected chi connectivity index (χ3v) is 4.60. The van der Waals surface area contributed by atoms with Crippen LogP contribution in [0.4, 0.5) is 5.82 Å². The molecule has 0 aliphatic carbocycles. The number of fused-ring (bicyclic) bond motifs is 2. The molecule has 2 atom stereocenters. The minimum absolute atomic E-state index is 0.115. The summed E-state index contributed by atoms with van der Waals surface area (Å²) in [5.74, 6) is -0.378. The first-order valence-corrected chi connectivity index (χ1v) is 7.57. The molecule has 0 saturated carbocycles. The lowest BCUT2D eigenvalue weighted by molar-refractivity contribution is -0.147. The molecule has 1 saturated heterocycles. The standard InChI is InChI=1S/C15H17N5O3/c1-23-15(22)10-3-5-11-4-2-9-6-13(18-19-16)17-7-12(9)14(21)20(11)8-10/h6-7,10-11H,2-5,8H2,1H3/t10-,11+/m0/s1. The van der Waals surface area contributed by atoms with E-state index in [0.717, 1.165) is 31.2 Å². The van der Waals surface area contributed by atoms with E-state index in [9.17, 15) is 9.59 Å². The second-order valence-corrected chi connectivity index (χ2v) is 5.84. The van der Waals surface area contributed by atoms with Crippen LogP contribution < -0.4 is 0 Å². The first-order chi connectivity index (χ1) is 11.1. The van der Waals surface area contributed by atoms with Crippen molar-refractivity contribution in [1.29, 1.82) is 0 Å². The summed E-state index contributed by atoms with van der Waals surface area (Å²) in [6, 6.07) is 1.79. The molecule has 0 unspecified atom stereocenters. The molecule has 0 radical (unpaired) electrons. The van der Waals surface area contributed by atoms with Gasteiger partial charge in [-0.3, -0.25) is 14.6 Å². The molecule has 8 nitrogen and oxygen atoms in total. The van der Waals surface area contributed by atoms with Crippen molar-refractivity contribution in [3.63, 3.8) is 0 Å².